The highest BCUT2D eigenvalue weighted by molar-refractivity contribution is 7.17. The van der Waals surface area contributed by atoms with Crippen LogP contribution in [0.3, 0.4) is 0 Å². The number of hydrogen-bond donors (Lipinski definition) is 1. The number of benzene rings is 1. The Hall–Kier alpha value is -1.65. The van der Waals surface area contributed by atoms with E-state index in [0.29, 0.717) is 0 Å². The van der Waals surface area contributed by atoms with E-state index in [1.807, 2.05) is 30.8 Å². The minimum Gasteiger partial charge on any atom is -0.338 e. The lowest BCUT2D eigenvalue weighted by Gasteiger charge is -2.04. The Bertz CT molecular complexity index is 669. The predicted molar refractivity (Wildman–Crippen MR) is 80.4 cm³/mol. The Morgan fingerprint density at radius 2 is 2.21 bits per heavy atom. The number of aryl methyl sites for hydroxylation is 1. The molecule has 2 heterocycles. The van der Waals surface area contributed by atoms with E-state index >= 15 is 0 Å². The van der Waals surface area contributed by atoms with Crippen LogP contribution in [-0.4, -0.2) is 16.1 Å². The van der Waals surface area contributed by atoms with E-state index in [4.69, 9.17) is 0 Å². The van der Waals surface area contributed by atoms with E-state index < -0.39 is 0 Å². The van der Waals surface area contributed by atoms with E-state index in [1.54, 1.807) is 0 Å². The first-order valence-corrected chi connectivity index (χ1v) is 7.34. The second-order valence-electron chi connectivity index (χ2n) is 4.64. The first-order valence-electron chi connectivity index (χ1n) is 6.46. The van der Waals surface area contributed by atoms with Gasteiger partial charge in [0.2, 0.25) is 0 Å². The van der Waals surface area contributed by atoms with Gasteiger partial charge in [0.25, 0.3) is 0 Å². The third-order valence-electron chi connectivity index (χ3n) is 3.32. The maximum Gasteiger partial charge on any atom is 0.109 e. The molecule has 0 fully saturated rings. The summed E-state index contributed by atoms with van der Waals surface area (Å²) in [6, 6.07) is 8.57. The van der Waals surface area contributed by atoms with Gasteiger partial charge in [-0.1, -0.05) is 18.2 Å². The van der Waals surface area contributed by atoms with Crippen molar-refractivity contribution in [1.82, 2.24) is 14.9 Å². The topological polar surface area (TPSA) is 29.9 Å². The molecule has 0 aliphatic heterocycles. The van der Waals surface area contributed by atoms with Crippen LogP contribution in [0, 0.1) is 0 Å². The van der Waals surface area contributed by atoms with Crippen LogP contribution < -0.4 is 5.32 Å². The molecule has 0 spiro atoms. The summed E-state index contributed by atoms with van der Waals surface area (Å²) >= 11 is 1.82. The summed E-state index contributed by atoms with van der Waals surface area (Å²) < 4.78 is 3.44. The number of nitrogens with one attached hydrogen (secondary N) is 1. The molecule has 2 aromatic heterocycles. The van der Waals surface area contributed by atoms with Crippen molar-refractivity contribution in [2.75, 3.05) is 6.54 Å². The second-order valence-corrected chi connectivity index (χ2v) is 5.55. The quantitative estimate of drug-likeness (QED) is 0.723. The molecule has 19 heavy (non-hydrogen) atoms. The van der Waals surface area contributed by atoms with Gasteiger partial charge in [-0.05, 0) is 22.4 Å². The molecular weight excluding hydrogens is 254 g/mol. The molecule has 0 saturated carbocycles. The minimum absolute atomic E-state index is 0.925. The lowest BCUT2D eigenvalue weighted by molar-refractivity contribution is 0.657. The molecular formula is C15H17N3S. The SMILES string of the molecule is Cn1ccnc1CCNCc1csc2ccccc12. The van der Waals surface area contributed by atoms with Crippen molar-refractivity contribution in [3.8, 4) is 0 Å². The van der Waals surface area contributed by atoms with Crippen LogP contribution in [0.1, 0.15) is 11.4 Å². The lowest BCUT2D eigenvalue weighted by atomic mass is 10.2. The summed E-state index contributed by atoms with van der Waals surface area (Å²) in [4.78, 5) is 4.33. The molecule has 3 rings (SSSR count). The van der Waals surface area contributed by atoms with Crippen LogP contribution in [0.2, 0.25) is 0 Å². The zero-order valence-corrected chi connectivity index (χ0v) is 11.8. The maximum atomic E-state index is 4.33. The molecule has 0 atom stereocenters. The monoisotopic (exact) mass is 271 g/mol. The second kappa shape index (κ2) is 5.55. The van der Waals surface area contributed by atoms with Crippen molar-refractivity contribution in [3.63, 3.8) is 0 Å². The largest absolute Gasteiger partial charge is 0.338 e. The van der Waals surface area contributed by atoms with E-state index in [1.165, 1.54) is 15.6 Å². The zero-order valence-electron chi connectivity index (χ0n) is 11.0. The van der Waals surface area contributed by atoms with E-state index in [-0.39, 0.29) is 0 Å². The van der Waals surface area contributed by atoms with Gasteiger partial charge in [0.15, 0.2) is 0 Å². The van der Waals surface area contributed by atoms with Crippen molar-refractivity contribution >= 4 is 21.4 Å². The van der Waals surface area contributed by atoms with Gasteiger partial charge < -0.3 is 9.88 Å². The van der Waals surface area contributed by atoms with Crippen molar-refractivity contribution in [1.29, 1.82) is 0 Å². The Labute approximate surface area is 116 Å². The molecule has 1 N–H and O–H groups in total. The Morgan fingerprint density at radius 1 is 1.32 bits per heavy atom. The van der Waals surface area contributed by atoms with Crippen LogP contribution in [0.15, 0.2) is 42.0 Å². The van der Waals surface area contributed by atoms with Gasteiger partial charge in [0.1, 0.15) is 5.82 Å². The Morgan fingerprint density at radius 3 is 3.05 bits per heavy atom. The summed E-state index contributed by atoms with van der Waals surface area (Å²) in [5.74, 6) is 1.13. The number of hydrogen-bond acceptors (Lipinski definition) is 3. The highest BCUT2D eigenvalue weighted by Gasteiger charge is 2.03. The van der Waals surface area contributed by atoms with Crippen molar-refractivity contribution in [2.45, 2.75) is 13.0 Å². The molecule has 0 unspecified atom stereocenters. The van der Waals surface area contributed by atoms with E-state index in [2.05, 4.69) is 44.5 Å². The third-order valence-corrected chi connectivity index (χ3v) is 4.34. The number of nitrogens with zero attached hydrogens (tertiary/aromatic N) is 2. The standard InChI is InChI=1S/C15H17N3S/c1-18-9-8-17-15(18)6-7-16-10-12-11-19-14-5-3-2-4-13(12)14/h2-5,8-9,11,16H,6-7,10H2,1H3. The molecule has 0 aliphatic rings. The van der Waals surface area contributed by atoms with Crippen LogP contribution in [0.5, 0.6) is 0 Å². The normalized spacial score (nSPS) is 11.2. The molecule has 98 valence electrons. The van der Waals surface area contributed by atoms with Gasteiger partial charge in [-0.2, -0.15) is 0 Å². The summed E-state index contributed by atoms with van der Waals surface area (Å²) in [7, 11) is 2.04. The molecule has 0 amide bonds. The molecule has 0 aliphatic carbocycles. The van der Waals surface area contributed by atoms with Gasteiger partial charge in [-0.15, -0.1) is 11.3 Å². The van der Waals surface area contributed by atoms with Crippen LogP contribution >= 0.6 is 11.3 Å². The molecule has 3 aromatic rings. The summed E-state index contributed by atoms with van der Waals surface area (Å²) in [5.41, 5.74) is 1.39. The fraction of sp³-hybridized carbons (Fsp3) is 0.267. The molecule has 4 heteroatoms. The van der Waals surface area contributed by atoms with Crippen molar-refractivity contribution in [3.05, 3.63) is 53.4 Å². The molecule has 1 aromatic carbocycles. The zero-order chi connectivity index (χ0) is 13.1. The average Bonchev–Trinajstić information content (AvgIpc) is 3.02. The number of aromatic nitrogens is 2. The third kappa shape index (κ3) is 2.69. The van der Waals surface area contributed by atoms with Gasteiger partial charge in [-0.25, -0.2) is 4.98 Å². The highest BCUT2D eigenvalue weighted by atomic mass is 32.1. The molecule has 0 radical (unpaired) electrons. The van der Waals surface area contributed by atoms with E-state index in [9.17, 15) is 0 Å². The molecule has 3 nitrogen and oxygen atoms in total. The van der Waals surface area contributed by atoms with E-state index in [0.717, 1.165) is 25.3 Å². The van der Waals surface area contributed by atoms with Crippen molar-refractivity contribution < 1.29 is 0 Å². The fourth-order valence-corrected chi connectivity index (χ4v) is 3.19. The summed E-state index contributed by atoms with van der Waals surface area (Å²) in [6.07, 6.45) is 4.80. The van der Waals surface area contributed by atoms with Gasteiger partial charge in [0, 0.05) is 43.7 Å². The first kappa shape index (κ1) is 12.4. The minimum atomic E-state index is 0.925. The number of thiophene rings is 1. The number of fused-ring (bicyclic) bond motifs is 1. The van der Waals surface area contributed by atoms with Gasteiger partial charge in [0.05, 0.1) is 0 Å². The van der Waals surface area contributed by atoms with Crippen LogP contribution in [-0.2, 0) is 20.0 Å². The van der Waals surface area contributed by atoms with Gasteiger partial charge >= 0.3 is 0 Å². The molecule has 0 bridgehead atoms. The van der Waals surface area contributed by atoms with Crippen molar-refractivity contribution in [2.24, 2.45) is 7.05 Å². The highest BCUT2D eigenvalue weighted by Crippen LogP contribution is 2.25. The fourth-order valence-electron chi connectivity index (χ4n) is 2.23. The maximum absolute atomic E-state index is 4.33. The average molecular weight is 271 g/mol. The predicted octanol–water partition coefficient (Wildman–Crippen LogP) is 2.97. The summed E-state index contributed by atoms with van der Waals surface area (Å²) in [6.45, 7) is 1.88. The Kier molecular flexibility index (Phi) is 3.62. The molecule has 0 saturated heterocycles. The lowest BCUT2D eigenvalue weighted by Crippen LogP contribution is -2.17. The summed E-state index contributed by atoms with van der Waals surface area (Å²) in [5, 5.41) is 7.12. The van der Waals surface area contributed by atoms with Crippen LogP contribution in [0.4, 0.5) is 0 Å². The number of imidazole rings is 1. The van der Waals surface area contributed by atoms with Gasteiger partial charge in [-0.3, -0.25) is 0 Å². The smallest absolute Gasteiger partial charge is 0.109 e. The number of rotatable bonds is 5. The van der Waals surface area contributed by atoms with Crippen LogP contribution in [0.25, 0.3) is 10.1 Å². The Balaban J connectivity index is 1.57. The first-order chi connectivity index (χ1) is 9.34.